The zero-order chi connectivity index (χ0) is 19.0. The molecule has 0 amide bonds. The largest absolute Gasteiger partial charge is 0.497 e. The van der Waals surface area contributed by atoms with Gasteiger partial charge in [0.15, 0.2) is 0 Å². The molecule has 2 aromatic carbocycles. The van der Waals surface area contributed by atoms with E-state index in [9.17, 15) is 8.42 Å². The lowest BCUT2D eigenvalue weighted by molar-refractivity contribution is 0.392. The van der Waals surface area contributed by atoms with Crippen molar-refractivity contribution in [1.29, 1.82) is 0 Å². The summed E-state index contributed by atoms with van der Waals surface area (Å²) in [5.41, 5.74) is 3.01. The molecule has 0 saturated carbocycles. The van der Waals surface area contributed by atoms with Gasteiger partial charge in [0.2, 0.25) is 0 Å². The molecule has 6 nitrogen and oxygen atoms in total. The Balaban J connectivity index is 1.71. The molecule has 0 aromatic heterocycles. The van der Waals surface area contributed by atoms with E-state index in [1.807, 2.05) is 12.1 Å². The Labute approximate surface area is 160 Å². The molecule has 0 atom stereocenters. The number of hydrogen-bond donors (Lipinski definition) is 0. The summed E-state index contributed by atoms with van der Waals surface area (Å²) in [6, 6.07) is 10.9. The van der Waals surface area contributed by atoms with Gasteiger partial charge in [0, 0.05) is 31.4 Å². The number of rotatable bonds is 5. The van der Waals surface area contributed by atoms with Crippen LogP contribution < -0.4 is 18.7 Å². The third-order valence-electron chi connectivity index (χ3n) is 5.33. The molecule has 1 saturated heterocycles. The smallest absolute Gasteiger partial charge is 0.268 e. The standard InChI is InChI=1S/C20H24N2O4S/c1-25-17-6-8-19(26-2)20(14-17)27(23,24)22-12-9-15-13-16(5-7-18(15)22)21-10-3-4-11-21/h5-8,13-14H,3-4,9-12H2,1-2H3. The van der Waals surface area contributed by atoms with Crippen molar-refractivity contribution in [2.75, 3.05) is 43.1 Å². The molecule has 4 rings (SSSR count). The quantitative estimate of drug-likeness (QED) is 0.788. The van der Waals surface area contributed by atoms with Crippen molar-refractivity contribution in [3.8, 4) is 11.5 Å². The van der Waals surface area contributed by atoms with Crippen LogP contribution in [0.25, 0.3) is 0 Å². The molecule has 0 bridgehead atoms. The van der Waals surface area contributed by atoms with Gasteiger partial charge in [0.05, 0.1) is 19.9 Å². The van der Waals surface area contributed by atoms with Gasteiger partial charge in [-0.15, -0.1) is 0 Å². The van der Waals surface area contributed by atoms with E-state index >= 15 is 0 Å². The third kappa shape index (κ3) is 3.10. The molecule has 144 valence electrons. The predicted octanol–water partition coefficient (Wildman–Crippen LogP) is 3.06. The Morgan fingerprint density at radius 3 is 2.41 bits per heavy atom. The minimum Gasteiger partial charge on any atom is -0.497 e. The number of hydrogen-bond acceptors (Lipinski definition) is 5. The lowest BCUT2D eigenvalue weighted by atomic mass is 10.1. The zero-order valence-corrected chi connectivity index (χ0v) is 16.5. The van der Waals surface area contributed by atoms with Gasteiger partial charge in [0.25, 0.3) is 10.0 Å². The number of nitrogens with zero attached hydrogens (tertiary/aromatic N) is 2. The number of sulfonamides is 1. The number of methoxy groups -OCH3 is 2. The first-order valence-corrected chi connectivity index (χ1v) is 10.6. The first kappa shape index (κ1) is 18.0. The molecule has 7 heteroatoms. The van der Waals surface area contributed by atoms with Crippen molar-refractivity contribution in [2.45, 2.75) is 24.2 Å². The van der Waals surface area contributed by atoms with Gasteiger partial charge < -0.3 is 14.4 Å². The fraction of sp³-hybridized carbons (Fsp3) is 0.400. The Hall–Kier alpha value is -2.41. The van der Waals surface area contributed by atoms with Gasteiger partial charge in [-0.2, -0.15) is 0 Å². The lowest BCUT2D eigenvalue weighted by Crippen LogP contribution is -2.29. The molecular weight excluding hydrogens is 364 g/mol. The van der Waals surface area contributed by atoms with Gasteiger partial charge in [-0.25, -0.2) is 8.42 Å². The van der Waals surface area contributed by atoms with Crippen molar-refractivity contribution in [2.24, 2.45) is 0 Å². The summed E-state index contributed by atoms with van der Waals surface area (Å²) in [5.74, 6) is 0.802. The van der Waals surface area contributed by atoms with Crippen LogP contribution in [-0.2, 0) is 16.4 Å². The van der Waals surface area contributed by atoms with Gasteiger partial charge in [0.1, 0.15) is 16.4 Å². The molecule has 0 N–H and O–H groups in total. The second kappa shape index (κ2) is 6.96. The maximum Gasteiger partial charge on any atom is 0.268 e. The molecule has 2 aromatic rings. The summed E-state index contributed by atoms with van der Waals surface area (Å²) in [6.45, 7) is 2.57. The summed E-state index contributed by atoms with van der Waals surface area (Å²) in [4.78, 5) is 2.49. The van der Waals surface area contributed by atoms with Crippen molar-refractivity contribution in [1.82, 2.24) is 0 Å². The third-order valence-corrected chi connectivity index (χ3v) is 7.16. The maximum atomic E-state index is 13.4. The van der Waals surface area contributed by atoms with Crippen LogP contribution in [0.4, 0.5) is 11.4 Å². The summed E-state index contributed by atoms with van der Waals surface area (Å²) in [6.07, 6.45) is 3.14. The molecule has 1 fully saturated rings. The summed E-state index contributed by atoms with van der Waals surface area (Å²) < 4.78 is 38.7. The second-order valence-electron chi connectivity index (χ2n) is 6.85. The molecule has 2 heterocycles. The van der Waals surface area contributed by atoms with E-state index in [-0.39, 0.29) is 4.90 Å². The highest BCUT2D eigenvalue weighted by Gasteiger charge is 2.33. The summed E-state index contributed by atoms with van der Waals surface area (Å²) >= 11 is 0. The van der Waals surface area contributed by atoms with E-state index in [0.717, 1.165) is 24.3 Å². The molecule has 27 heavy (non-hydrogen) atoms. The molecule has 0 unspecified atom stereocenters. The Morgan fingerprint density at radius 2 is 1.70 bits per heavy atom. The van der Waals surface area contributed by atoms with Crippen LogP contribution in [-0.4, -0.2) is 42.3 Å². The Kier molecular flexibility index (Phi) is 4.63. The molecular formula is C20H24N2O4S. The number of ether oxygens (including phenoxy) is 2. The number of fused-ring (bicyclic) bond motifs is 1. The first-order valence-electron chi connectivity index (χ1n) is 9.17. The van der Waals surface area contributed by atoms with Crippen LogP contribution >= 0.6 is 0 Å². The van der Waals surface area contributed by atoms with Crippen molar-refractivity contribution >= 4 is 21.4 Å². The van der Waals surface area contributed by atoms with Gasteiger partial charge in [-0.3, -0.25) is 4.31 Å². The second-order valence-corrected chi connectivity index (χ2v) is 8.68. The van der Waals surface area contributed by atoms with Crippen LogP contribution in [0.5, 0.6) is 11.5 Å². The molecule has 0 aliphatic carbocycles. The van der Waals surface area contributed by atoms with Crippen molar-refractivity contribution in [3.05, 3.63) is 42.0 Å². The summed E-state index contributed by atoms with van der Waals surface area (Å²) in [7, 11) is -0.754. The monoisotopic (exact) mass is 388 g/mol. The average molecular weight is 388 g/mol. The lowest BCUT2D eigenvalue weighted by Gasteiger charge is -2.22. The van der Waals surface area contributed by atoms with Crippen LogP contribution in [0.3, 0.4) is 0 Å². The van der Waals surface area contributed by atoms with E-state index in [1.54, 1.807) is 12.1 Å². The molecule has 2 aliphatic rings. The fourth-order valence-electron chi connectivity index (χ4n) is 3.88. The average Bonchev–Trinajstić information content (AvgIpc) is 3.36. The Bertz CT molecular complexity index is 952. The van der Waals surface area contributed by atoms with Crippen LogP contribution in [0, 0.1) is 0 Å². The van der Waals surface area contributed by atoms with Crippen LogP contribution in [0.1, 0.15) is 18.4 Å². The molecule has 0 radical (unpaired) electrons. The normalized spacial score (nSPS) is 16.5. The first-order chi connectivity index (χ1) is 13.0. The topological polar surface area (TPSA) is 59.1 Å². The highest BCUT2D eigenvalue weighted by atomic mass is 32.2. The van der Waals surface area contributed by atoms with E-state index in [0.29, 0.717) is 24.5 Å². The summed E-state index contributed by atoms with van der Waals surface area (Å²) in [5, 5.41) is 0. The number of benzene rings is 2. The zero-order valence-electron chi connectivity index (χ0n) is 15.6. The SMILES string of the molecule is COc1ccc(OC)c(S(=O)(=O)N2CCc3cc(N4CCCC4)ccc32)c1. The molecule has 2 aliphatic heterocycles. The highest BCUT2D eigenvalue weighted by Crippen LogP contribution is 2.39. The van der Waals surface area contributed by atoms with Gasteiger partial charge in [-0.05, 0) is 55.2 Å². The van der Waals surface area contributed by atoms with Crippen molar-refractivity contribution in [3.63, 3.8) is 0 Å². The van der Waals surface area contributed by atoms with E-state index in [2.05, 4.69) is 11.0 Å². The predicted molar refractivity (Wildman–Crippen MR) is 106 cm³/mol. The van der Waals surface area contributed by atoms with Crippen LogP contribution in [0.15, 0.2) is 41.3 Å². The minimum absolute atomic E-state index is 0.126. The van der Waals surface area contributed by atoms with E-state index < -0.39 is 10.0 Å². The maximum absolute atomic E-state index is 13.4. The van der Waals surface area contributed by atoms with Gasteiger partial charge >= 0.3 is 0 Å². The van der Waals surface area contributed by atoms with E-state index in [4.69, 9.17) is 9.47 Å². The number of anilines is 2. The van der Waals surface area contributed by atoms with Crippen LogP contribution in [0.2, 0.25) is 0 Å². The molecule has 0 spiro atoms. The van der Waals surface area contributed by atoms with Crippen molar-refractivity contribution < 1.29 is 17.9 Å². The Morgan fingerprint density at radius 1 is 0.926 bits per heavy atom. The minimum atomic E-state index is -3.74. The van der Waals surface area contributed by atoms with Gasteiger partial charge in [-0.1, -0.05) is 0 Å². The van der Waals surface area contributed by atoms with E-state index in [1.165, 1.54) is 43.1 Å². The highest BCUT2D eigenvalue weighted by molar-refractivity contribution is 7.93. The fourth-order valence-corrected chi connectivity index (χ4v) is 5.56.